The molecule has 4 nitrogen and oxygen atoms in total. The van der Waals surface area contributed by atoms with Gasteiger partial charge in [0.25, 0.3) is 0 Å². The average molecular weight is 358 g/mol. The number of aromatic nitrogens is 1. The molecular formula is C18H18N2O2S2. The molecule has 4 heterocycles. The van der Waals surface area contributed by atoms with Crippen molar-refractivity contribution in [1.82, 2.24) is 9.88 Å². The van der Waals surface area contributed by atoms with Crippen LogP contribution < -0.4 is 0 Å². The zero-order valence-electron chi connectivity index (χ0n) is 13.6. The number of carbonyl (C=O) groups is 1. The number of aryl methyl sites for hydroxylation is 1. The van der Waals surface area contributed by atoms with Crippen molar-refractivity contribution < 1.29 is 9.21 Å². The van der Waals surface area contributed by atoms with Gasteiger partial charge < -0.3 is 9.32 Å². The van der Waals surface area contributed by atoms with Crippen LogP contribution in [0, 0.1) is 6.92 Å². The van der Waals surface area contributed by atoms with E-state index in [0.29, 0.717) is 12.3 Å². The van der Waals surface area contributed by atoms with Crippen molar-refractivity contribution in [3.8, 4) is 10.8 Å². The predicted molar refractivity (Wildman–Crippen MR) is 96.4 cm³/mol. The highest BCUT2D eigenvalue weighted by molar-refractivity contribution is 7.13. The SMILES string of the molecule is Cc1oc(-c2cccs2)nc1CC(=O)N1CCc2sccc2[C@@H]1C. The molecule has 124 valence electrons. The van der Waals surface area contributed by atoms with E-state index >= 15 is 0 Å². The second kappa shape index (κ2) is 6.18. The van der Waals surface area contributed by atoms with Crippen LogP contribution in [0.4, 0.5) is 0 Å². The van der Waals surface area contributed by atoms with Gasteiger partial charge in [-0.3, -0.25) is 4.79 Å². The molecule has 4 rings (SSSR count). The van der Waals surface area contributed by atoms with Crippen molar-refractivity contribution in [2.45, 2.75) is 32.7 Å². The Labute approximate surface area is 148 Å². The van der Waals surface area contributed by atoms with Gasteiger partial charge in [0.15, 0.2) is 0 Å². The summed E-state index contributed by atoms with van der Waals surface area (Å²) in [6.07, 6.45) is 1.24. The molecule has 24 heavy (non-hydrogen) atoms. The van der Waals surface area contributed by atoms with Gasteiger partial charge in [-0.25, -0.2) is 4.98 Å². The zero-order valence-corrected chi connectivity index (χ0v) is 15.2. The molecule has 1 aliphatic heterocycles. The van der Waals surface area contributed by atoms with Crippen LogP contribution in [0.5, 0.6) is 0 Å². The first-order chi connectivity index (χ1) is 11.6. The van der Waals surface area contributed by atoms with Gasteiger partial charge in [0.2, 0.25) is 11.8 Å². The lowest BCUT2D eigenvalue weighted by Gasteiger charge is -2.33. The standard InChI is InChI=1S/C18H18N2O2S2/c1-11-13-6-9-24-15(13)5-7-20(11)17(21)10-14-12(2)22-18(19-14)16-4-3-8-23-16/h3-4,6,8-9,11H,5,7,10H2,1-2H3/t11-/m0/s1. The Bertz CT molecular complexity index is 864. The van der Waals surface area contributed by atoms with Crippen LogP contribution in [-0.2, 0) is 17.6 Å². The fourth-order valence-electron chi connectivity index (χ4n) is 3.19. The Morgan fingerprint density at radius 1 is 1.38 bits per heavy atom. The van der Waals surface area contributed by atoms with Crippen LogP contribution in [0.15, 0.2) is 33.4 Å². The smallest absolute Gasteiger partial charge is 0.236 e. The molecule has 0 radical (unpaired) electrons. The monoisotopic (exact) mass is 358 g/mol. The van der Waals surface area contributed by atoms with E-state index in [1.54, 1.807) is 22.7 Å². The van der Waals surface area contributed by atoms with Crippen LogP contribution in [0.1, 0.15) is 34.9 Å². The van der Waals surface area contributed by atoms with Crippen LogP contribution in [0.2, 0.25) is 0 Å². The largest absolute Gasteiger partial charge is 0.440 e. The van der Waals surface area contributed by atoms with Gasteiger partial charge in [0.05, 0.1) is 23.0 Å². The molecule has 0 saturated heterocycles. The fourth-order valence-corrected chi connectivity index (χ4v) is 4.80. The van der Waals surface area contributed by atoms with E-state index < -0.39 is 0 Å². The van der Waals surface area contributed by atoms with E-state index in [1.807, 2.05) is 29.3 Å². The third-order valence-corrected chi connectivity index (χ3v) is 6.40. The molecule has 0 spiro atoms. The van der Waals surface area contributed by atoms with Crippen LogP contribution in [-0.4, -0.2) is 22.3 Å². The van der Waals surface area contributed by atoms with Crippen molar-refractivity contribution in [2.24, 2.45) is 0 Å². The van der Waals surface area contributed by atoms with Crippen molar-refractivity contribution in [3.05, 3.63) is 50.9 Å². The summed E-state index contributed by atoms with van der Waals surface area (Å²) < 4.78 is 5.75. The molecule has 3 aromatic heterocycles. The third kappa shape index (κ3) is 2.70. The van der Waals surface area contributed by atoms with Crippen LogP contribution >= 0.6 is 22.7 Å². The Morgan fingerprint density at radius 3 is 3.04 bits per heavy atom. The van der Waals surface area contributed by atoms with E-state index in [9.17, 15) is 4.79 Å². The highest BCUT2D eigenvalue weighted by Gasteiger charge is 2.29. The molecule has 1 aliphatic rings. The van der Waals surface area contributed by atoms with Gasteiger partial charge in [0.1, 0.15) is 5.76 Å². The Hall–Kier alpha value is -1.92. The maximum absolute atomic E-state index is 12.8. The third-order valence-electron chi connectivity index (χ3n) is 4.54. The molecule has 0 bridgehead atoms. The summed E-state index contributed by atoms with van der Waals surface area (Å²) in [6.45, 7) is 4.76. The molecule has 1 amide bonds. The minimum Gasteiger partial charge on any atom is -0.440 e. The molecule has 0 unspecified atom stereocenters. The van der Waals surface area contributed by atoms with E-state index in [0.717, 1.165) is 29.3 Å². The number of nitrogens with zero attached hydrogens (tertiary/aromatic N) is 2. The average Bonchev–Trinajstić information content (AvgIpc) is 3.28. The van der Waals surface area contributed by atoms with Gasteiger partial charge in [-0.15, -0.1) is 22.7 Å². The van der Waals surface area contributed by atoms with Crippen molar-refractivity contribution in [2.75, 3.05) is 6.54 Å². The number of thiophene rings is 2. The first-order valence-corrected chi connectivity index (χ1v) is 9.75. The van der Waals surface area contributed by atoms with Gasteiger partial charge >= 0.3 is 0 Å². The van der Waals surface area contributed by atoms with E-state index in [2.05, 4.69) is 23.4 Å². The second-order valence-corrected chi connectivity index (χ2v) is 7.94. The van der Waals surface area contributed by atoms with Crippen molar-refractivity contribution >= 4 is 28.6 Å². The topological polar surface area (TPSA) is 46.3 Å². The molecule has 3 aromatic rings. The molecular weight excluding hydrogens is 340 g/mol. The minimum absolute atomic E-state index is 0.119. The van der Waals surface area contributed by atoms with Crippen molar-refractivity contribution in [3.63, 3.8) is 0 Å². The summed E-state index contributed by atoms with van der Waals surface area (Å²) >= 11 is 3.38. The number of hydrogen-bond donors (Lipinski definition) is 0. The van der Waals surface area contributed by atoms with Crippen LogP contribution in [0.3, 0.4) is 0 Å². The summed E-state index contributed by atoms with van der Waals surface area (Å²) in [6, 6.07) is 6.22. The number of oxazole rings is 1. The molecule has 0 aromatic carbocycles. The van der Waals surface area contributed by atoms with Crippen molar-refractivity contribution in [1.29, 1.82) is 0 Å². The van der Waals surface area contributed by atoms with Gasteiger partial charge in [-0.05, 0) is 48.7 Å². The highest BCUT2D eigenvalue weighted by atomic mass is 32.1. The van der Waals surface area contributed by atoms with Gasteiger partial charge in [0, 0.05) is 11.4 Å². The number of amides is 1. The summed E-state index contributed by atoms with van der Waals surface area (Å²) in [7, 11) is 0. The zero-order chi connectivity index (χ0) is 16.7. The molecule has 0 aliphatic carbocycles. The molecule has 0 N–H and O–H groups in total. The highest BCUT2D eigenvalue weighted by Crippen LogP contribution is 2.33. The number of fused-ring (bicyclic) bond motifs is 1. The summed E-state index contributed by atoms with van der Waals surface area (Å²) in [4.78, 5) is 21.7. The Morgan fingerprint density at radius 2 is 2.25 bits per heavy atom. The van der Waals surface area contributed by atoms with E-state index in [-0.39, 0.29) is 11.9 Å². The van der Waals surface area contributed by atoms with Gasteiger partial charge in [-0.1, -0.05) is 6.07 Å². The second-order valence-electron chi connectivity index (χ2n) is 5.99. The number of hydrogen-bond acceptors (Lipinski definition) is 5. The molecule has 0 fully saturated rings. The Balaban J connectivity index is 1.53. The Kier molecular flexibility index (Phi) is 4.02. The van der Waals surface area contributed by atoms with Crippen LogP contribution in [0.25, 0.3) is 10.8 Å². The summed E-state index contributed by atoms with van der Waals surface area (Å²) in [5, 5.41) is 4.11. The quantitative estimate of drug-likeness (QED) is 0.694. The van der Waals surface area contributed by atoms with E-state index in [4.69, 9.17) is 4.42 Å². The normalized spacial score (nSPS) is 17.1. The number of carbonyl (C=O) groups excluding carboxylic acids is 1. The lowest BCUT2D eigenvalue weighted by Crippen LogP contribution is -2.39. The minimum atomic E-state index is 0.119. The summed E-state index contributed by atoms with van der Waals surface area (Å²) in [5.74, 6) is 1.46. The maximum atomic E-state index is 12.8. The summed E-state index contributed by atoms with van der Waals surface area (Å²) in [5.41, 5.74) is 2.03. The first-order valence-electron chi connectivity index (χ1n) is 7.99. The number of rotatable bonds is 3. The first kappa shape index (κ1) is 15.6. The van der Waals surface area contributed by atoms with E-state index in [1.165, 1.54) is 10.4 Å². The predicted octanol–water partition coefficient (Wildman–Crippen LogP) is 4.46. The lowest BCUT2D eigenvalue weighted by atomic mass is 10.0. The fraction of sp³-hybridized carbons (Fsp3) is 0.333. The molecule has 0 saturated carbocycles. The maximum Gasteiger partial charge on any atom is 0.236 e. The molecule has 1 atom stereocenters. The van der Waals surface area contributed by atoms with Gasteiger partial charge in [-0.2, -0.15) is 0 Å². The molecule has 6 heteroatoms. The lowest BCUT2D eigenvalue weighted by molar-refractivity contribution is -0.133.